The first-order valence-corrected chi connectivity index (χ1v) is 10.2. The number of amides is 1. The van der Waals surface area contributed by atoms with E-state index >= 15 is 0 Å². The number of primary amides is 1. The van der Waals surface area contributed by atoms with E-state index in [0.29, 0.717) is 10.6 Å². The number of carbonyl (C=O) groups excluding carboxylic acids is 1. The zero-order valence-electron chi connectivity index (χ0n) is 16.5. The van der Waals surface area contributed by atoms with Gasteiger partial charge in [0.1, 0.15) is 0 Å². The summed E-state index contributed by atoms with van der Waals surface area (Å²) in [6.45, 7) is 4.91. The van der Waals surface area contributed by atoms with E-state index in [0.717, 1.165) is 49.0 Å². The predicted molar refractivity (Wildman–Crippen MR) is 117 cm³/mol. The highest BCUT2D eigenvalue weighted by atomic mass is 35.5. The number of unbranched alkanes of at least 4 members (excludes halogenated alkanes) is 2. The van der Waals surface area contributed by atoms with Gasteiger partial charge in [-0.25, -0.2) is 0 Å². The van der Waals surface area contributed by atoms with Crippen LogP contribution < -0.4 is 5.73 Å². The van der Waals surface area contributed by atoms with Crippen LogP contribution in [0, 0.1) is 6.92 Å². The van der Waals surface area contributed by atoms with Crippen molar-refractivity contribution in [2.75, 3.05) is 0 Å². The fourth-order valence-corrected chi connectivity index (χ4v) is 3.93. The molecule has 3 nitrogen and oxygen atoms in total. The first-order valence-electron chi connectivity index (χ1n) is 9.84. The maximum Gasteiger partial charge on any atom is 0.251 e. The summed E-state index contributed by atoms with van der Waals surface area (Å²) >= 11 is 6.09. The maximum absolute atomic E-state index is 12.4. The molecule has 0 spiro atoms. The van der Waals surface area contributed by atoms with Crippen molar-refractivity contribution in [3.63, 3.8) is 0 Å². The van der Waals surface area contributed by atoms with E-state index in [1.807, 2.05) is 49.4 Å². The van der Waals surface area contributed by atoms with E-state index in [-0.39, 0.29) is 5.91 Å². The van der Waals surface area contributed by atoms with Crippen LogP contribution in [0.1, 0.15) is 53.5 Å². The van der Waals surface area contributed by atoms with Crippen LogP contribution in [0.2, 0.25) is 5.02 Å². The lowest BCUT2D eigenvalue weighted by Crippen LogP contribution is -2.13. The first-order chi connectivity index (χ1) is 13.5. The van der Waals surface area contributed by atoms with Gasteiger partial charge in [0, 0.05) is 28.5 Å². The van der Waals surface area contributed by atoms with Crippen molar-refractivity contribution in [2.45, 2.75) is 46.1 Å². The van der Waals surface area contributed by atoms with Gasteiger partial charge in [-0.2, -0.15) is 0 Å². The summed E-state index contributed by atoms with van der Waals surface area (Å²) in [5.74, 6) is -0.383. The van der Waals surface area contributed by atoms with Crippen LogP contribution in [-0.4, -0.2) is 10.5 Å². The second kappa shape index (κ2) is 9.11. The Balaban J connectivity index is 2.18. The number of nitrogens with two attached hydrogens (primary N) is 1. The van der Waals surface area contributed by atoms with Crippen molar-refractivity contribution >= 4 is 17.5 Å². The van der Waals surface area contributed by atoms with Gasteiger partial charge in [-0.3, -0.25) is 4.79 Å². The zero-order chi connectivity index (χ0) is 20.1. The third-order valence-electron chi connectivity index (χ3n) is 5.21. The van der Waals surface area contributed by atoms with Gasteiger partial charge in [-0.1, -0.05) is 73.8 Å². The van der Waals surface area contributed by atoms with Crippen LogP contribution in [-0.2, 0) is 13.0 Å². The monoisotopic (exact) mass is 394 g/mol. The molecule has 3 rings (SSSR count). The van der Waals surface area contributed by atoms with Crippen molar-refractivity contribution < 1.29 is 4.79 Å². The van der Waals surface area contributed by atoms with Crippen LogP contribution in [0.25, 0.3) is 11.1 Å². The number of aromatic nitrogens is 1. The Morgan fingerprint density at radius 1 is 1.04 bits per heavy atom. The van der Waals surface area contributed by atoms with E-state index in [1.165, 1.54) is 11.3 Å². The Kier molecular flexibility index (Phi) is 6.58. The number of hydrogen-bond donors (Lipinski definition) is 1. The van der Waals surface area contributed by atoms with Gasteiger partial charge >= 0.3 is 0 Å². The van der Waals surface area contributed by atoms with E-state index in [4.69, 9.17) is 17.3 Å². The second-order valence-corrected chi connectivity index (χ2v) is 7.62. The SMILES string of the molecule is CCCCCc1c(-c2ccc(Cl)cc2)c(C(N)=O)c(C)n1Cc1ccccc1. The van der Waals surface area contributed by atoms with Crippen LogP contribution in [0.15, 0.2) is 54.6 Å². The second-order valence-electron chi connectivity index (χ2n) is 7.18. The molecule has 0 saturated heterocycles. The topological polar surface area (TPSA) is 48.0 Å². The van der Waals surface area contributed by atoms with Crippen LogP contribution in [0.3, 0.4) is 0 Å². The van der Waals surface area contributed by atoms with Gasteiger partial charge in [0.05, 0.1) is 5.56 Å². The van der Waals surface area contributed by atoms with E-state index in [9.17, 15) is 4.79 Å². The molecule has 1 aromatic heterocycles. The molecule has 0 radical (unpaired) electrons. The van der Waals surface area contributed by atoms with Crippen LogP contribution in [0.5, 0.6) is 0 Å². The molecule has 0 aliphatic heterocycles. The van der Waals surface area contributed by atoms with Crippen LogP contribution in [0.4, 0.5) is 0 Å². The van der Waals surface area contributed by atoms with E-state index in [1.54, 1.807) is 0 Å². The van der Waals surface area contributed by atoms with Crippen molar-refractivity contribution in [1.82, 2.24) is 4.57 Å². The third kappa shape index (κ3) is 4.31. The lowest BCUT2D eigenvalue weighted by Gasteiger charge is -2.14. The van der Waals surface area contributed by atoms with Gasteiger partial charge < -0.3 is 10.3 Å². The van der Waals surface area contributed by atoms with Crippen molar-refractivity contribution in [2.24, 2.45) is 5.73 Å². The Morgan fingerprint density at radius 3 is 2.32 bits per heavy atom. The van der Waals surface area contributed by atoms with Crippen molar-refractivity contribution in [1.29, 1.82) is 0 Å². The number of benzene rings is 2. The Hall–Kier alpha value is -2.52. The maximum atomic E-state index is 12.4. The number of halogens is 1. The molecule has 2 aromatic carbocycles. The molecule has 0 atom stereocenters. The van der Waals surface area contributed by atoms with Gasteiger partial charge in [0.25, 0.3) is 5.91 Å². The van der Waals surface area contributed by atoms with E-state index < -0.39 is 0 Å². The number of rotatable bonds is 8. The minimum Gasteiger partial charge on any atom is -0.366 e. The highest BCUT2D eigenvalue weighted by Crippen LogP contribution is 2.35. The highest BCUT2D eigenvalue weighted by Gasteiger charge is 2.24. The summed E-state index contributed by atoms with van der Waals surface area (Å²) in [6, 6.07) is 18.0. The minimum atomic E-state index is -0.383. The lowest BCUT2D eigenvalue weighted by molar-refractivity contribution is 0.1000. The number of hydrogen-bond acceptors (Lipinski definition) is 1. The largest absolute Gasteiger partial charge is 0.366 e. The Morgan fingerprint density at radius 2 is 1.71 bits per heavy atom. The smallest absolute Gasteiger partial charge is 0.251 e. The fraction of sp³-hybridized carbons (Fsp3) is 0.292. The number of nitrogens with zero attached hydrogens (tertiary/aromatic N) is 1. The molecule has 0 fully saturated rings. The van der Waals surface area contributed by atoms with Gasteiger partial charge in [-0.15, -0.1) is 0 Å². The molecule has 1 heterocycles. The standard InChI is InChI=1S/C24H27ClN2O/c1-3-4-6-11-21-23(19-12-14-20(25)15-13-19)22(24(26)28)17(2)27(21)16-18-9-7-5-8-10-18/h5,7-10,12-15H,3-4,6,11,16H2,1-2H3,(H2,26,28). The van der Waals surface area contributed by atoms with Crippen molar-refractivity contribution in [3.05, 3.63) is 82.1 Å². The molecule has 4 heteroatoms. The summed E-state index contributed by atoms with van der Waals surface area (Å²) in [4.78, 5) is 12.4. The molecule has 0 aliphatic carbocycles. The fourth-order valence-electron chi connectivity index (χ4n) is 3.81. The Bertz CT molecular complexity index is 943. The predicted octanol–water partition coefficient (Wildman–Crippen LogP) is 6.00. The average molecular weight is 395 g/mol. The quantitative estimate of drug-likeness (QED) is 0.468. The molecule has 0 bridgehead atoms. The summed E-state index contributed by atoms with van der Waals surface area (Å²) in [5.41, 5.74) is 11.7. The van der Waals surface area contributed by atoms with E-state index in [2.05, 4.69) is 23.6 Å². The molecule has 28 heavy (non-hydrogen) atoms. The number of carbonyl (C=O) groups is 1. The van der Waals surface area contributed by atoms with Crippen molar-refractivity contribution in [3.8, 4) is 11.1 Å². The third-order valence-corrected chi connectivity index (χ3v) is 5.46. The molecule has 2 N–H and O–H groups in total. The molecule has 3 aromatic rings. The molecule has 0 saturated carbocycles. The summed E-state index contributed by atoms with van der Waals surface area (Å²) in [7, 11) is 0. The normalized spacial score (nSPS) is 11.0. The minimum absolute atomic E-state index is 0.383. The summed E-state index contributed by atoms with van der Waals surface area (Å²) in [5, 5.41) is 0.678. The zero-order valence-corrected chi connectivity index (χ0v) is 17.3. The molecule has 1 amide bonds. The lowest BCUT2D eigenvalue weighted by atomic mass is 9.97. The summed E-state index contributed by atoms with van der Waals surface area (Å²) < 4.78 is 2.26. The molecular weight excluding hydrogens is 368 g/mol. The van der Waals surface area contributed by atoms with Gasteiger partial charge in [0.2, 0.25) is 0 Å². The summed E-state index contributed by atoms with van der Waals surface area (Å²) in [6.07, 6.45) is 4.29. The van der Waals surface area contributed by atoms with Crippen LogP contribution >= 0.6 is 11.6 Å². The Labute approximate surface area is 172 Å². The molecule has 0 unspecified atom stereocenters. The molecule has 146 valence electrons. The highest BCUT2D eigenvalue weighted by molar-refractivity contribution is 6.30. The van der Waals surface area contributed by atoms with Gasteiger partial charge in [-0.05, 0) is 43.0 Å². The van der Waals surface area contributed by atoms with Gasteiger partial charge in [0.15, 0.2) is 0 Å². The average Bonchev–Trinajstić information content (AvgIpc) is 2.96. The molecular formula is C24H27ClN2O. The first kappa shape index (κ1) is 20.2. The molecule has 0 aliphatic rings.